The van der Waals surface area contributed by atoms with Crippen LogP contribution in [0.15, 0.2) is 12.2 Å². The first kappa shape index (κ1) is 18.5. The van der Waals surface area contributed by atoms with E-state index in [1.807, 2.05) is 0 Å². The van der Waals surface area contributed by atoms with Gasteiger partial charge in [-0.05, 0) is 13.8 Å². The molecule has 8 heteroatoms. The molecule has 0 spiro atoms. The van der Waals surface area contributed by atoms with Crippen molar-refractivity contribution in [3.05, 3.63) is 12.2 Å². The van der Waals surface area contributed by atoms with Crippen molar-refractivity contribution in [2.24, 2.45) is 0 Å². The Morgan fingerprint density at radius 3 is 1.45 bits per heavy atom. The lowest BCUT2D eigenvalue weighted by Gasteiger charge is -2.19. The van der Waals surface area contributed by atoms with E-state index in [2.05, 4.69) is 9.47 Å². The van der Waals surface area contributed by atoms with Crippen molar-refractivity contribution in [2.75, 3.05) is 26.4 Å². The molecule has 0 saturated carbocycles. The average molecular weight is 292 g/mol. The number of aliphatic hydroxyl groups excluding tert-OH is 2. The second-order valence-corrected chi connectivity index (χ2v) is 4.86. The topological polar surface area (TPSA) is 134 Å². The van der Waals surface area contributed by atoms with Gasteiger partial charge in [-0.2, -0.15) is 0 Å². The highest BCUT2D eigenvalue weighted by Crippen LogP contribution is 2.03. The van der Waals surface area contributed by atoms with Crippen molar-refractivity contribution >= 4 is 11.9 Å². The van der Waals surface area contributed by atoms with Crippen LogP contribution in [0.2, 0.25) is 0 Å². The molecule has 8 nitrogen and oxygen atoms in total. The van der Waals surface area contributed by atoms with Crippen molar-refractivity contribution in [2.45, 2.75) is 25.0 Å². The number of aliphatic hydroxyl groups is 4. The fourth-order valence-corrected chi connectivity index (χ4v) is 0.777. The largest absolute Gasteiger partial charge is 0.459 e. The molecule has 2 atom stereocenters. The molecule has 0 aliphatic heterocycles. The molecular weight excluding hydrogens is 272 g/mol. The van der Waals surface area contributed by atoms with Crippen LogP contribution in [0.1, 0.15) is 13.8 Å². The molecule has 0 amide bonds. The molecule has 0 heterocycles. The molecule has 0 aromatic carbocycles. The molecule has 4 N–H and O–H groups in total. The first-order valence-corrected chi connectivity index (χ1v) is 5.80. The van der Waals surface area contributed by atoms with E-state index in [0.29, 0.717) is 0 Å². The molecular formula is C12H20O8. The zero-order valence-electron chi connectivity index (χ0n) is 11.4. The van der Waals surface area contributed by atoms with Crippen LogP contribution in [0.5, 0.6) is 0 Å². The number of carbonyl (C=O) groups is 2. The second-order valence-electron chi connectivity index (χ2n) is 4.86. The number of carbonyl (C=O) groups excluding carboxylic acids is 2. The SMILES string of the molecule is CC(O)(CO)COC(=O)C=CC(=O)OCC(C)(O)CO. The maximum absolute atomic E-state index is 11.2. The van der Waals surface area contributed by atoms with Gasteiger partial charge in [-0.3, -0.25) is 0 Å². The lowest BCUT2D eigenvalue weighted by molar-refractivity contribution is -0.149. The van der Waals surface area contributed by atoms with Gasteiger partial charge in [0, 0.05) is 12.2 Å². The summed E-state index contributed by atoms with van der Waals surface area (Å²) in [6.45, 7) is 0.525. The Morgan fingerprint density at radius 1 is 0.900 bits per heavy atom. The van der Waals surface area contributed by atoms with E-state index in [0.717, 1.165) is 12.2 Å². The Labute approximate surface area is 116 Å². The number of esters is 2. The highest BCUT2D eigenvalue weighted by Gasteiger charge is 2.22. The molecule has 0 fully saturated rings. The van der Waals surface area contributed by atoms with Gasteiger partial charge in [-0.1, -0.05) is 0 Å². The minimum Gasteiger partial charge on any atom is -0.459 e. The Bertz CT molecular complexity index is 324. The lowest BCUT2D eigenvalue weighted by Crippen LogP contribution is -2.36. The average Bonchev–Trinajstić information content (AvgIpc) is 2.40. The fraction of sp³-hybridized carbons (Fsp3) is 0.667. The lowest BCUT2D eigenvalue weighted by atomic mass is 10.1. The van der Waals surface area contributed by atoms with Crippen molar-refractivity contribution in [1.82, 2.24) is 0 Å². The van der Waals surface area contributed by atoms with E-state index in [1.54, 1.807) is 0 Å². The first-order chi connectivity index (χ1) is 9.12. The predicted molar refractivity (Wildman–Crippen MR) is 66.5 cm³/mol. The third kappa shape index (κ3) is 8.59. The van der Waals surface area contributed by atoms with Crippen molar-refractivity contribution in [3.8, 4) is 0 Å². The quantitative estimate of drug-likeness (QED) is 0.301. The van der Waals surface area contributed by atoms with Crippen molar-refractivity contribution in [3.63, 3.8) is 0 Å². The molecule has 0 rings (SSSR count). The van der Waals surface area contributed by atoms with Crippen LogP contribution < -0.4 is 0 Å². The van der Waals surface area contributed by atoms with Crippen LogP contribution >= 0.6 is 0 Å². The zero-order valence-corrected chi connectivity index (χ0v) is 11.4. The third-order valence-corrected chi connectivity index (χ3v) is 2.09. The van der Waals surface area contributed by atoms with E-state index in [4.69, 9.17) is 10.2 Å². The fourth-order valence-electron chi connectivity index (χ4n) is 0.777. The summed E-state index contributed by atoms with van der Waals surface area (Å²) in [7, 11) is 0. The first-order valence-electron chi connectivity index (χ1n) is 5.80. The Kier molecular flexibility index (Phi) is 7.36. The summed E-state index contributed by atoms with van der Waals surface area (Å²) in [5, 5.41) is 36.1. The molecule has 0 saturated heterocycles. The second kappa shape index (κ2) is 7.95. The number of hydrogen-bond donors (Lipinski definition) is 4. The van der Waals surface area contributed by atoms with E-state index in [1.165, 1.54) is 13.8 Å². The van der Waals surface area contributed by atoms with Gasteiger partial charge in [0.2, 0.25) is 0 Å². The normalized spacial score (nSPS) is 17.3. The van der Waals surface area contributed by atoms with Gasteiger partial charge in [0.1, 0.15) is 24.4 Å². The van der Waals surface area contributed by atoms with Gasteiger partial charge < -0.3 is 29.9 Å². The van der Waals surface area contributed by atoms with Gasteiger partial charge in [0.25, 0.3) is 0 Å². The third-order valence-electron chi connectivity index (χ3n) is 2.09. The Hall–Kier alpha value is -1.48. The van der Waals surface area contributed by atoms with Gasteiger partial charge in [0.15, 0.2) is 0 Å². The molecule has 2 unspecified atom stereocenters. The minimum atomic E-state index is -1.55. The summed E-state index contributed by atoms with van der Waals surface area (Å²) in [5.41, 5.74) is -3.10. The van der Waals surface area contributed by atoms with Gasteiger partial charge in [-0.25, -0.2) is 9.59 Å². The molecule has 0 aliphatic rings. The Morgan fingerprint density at radius 2 is 1.20 bits per heavy atom. The summed E-state index contributed by atoms with van der Waals surface area (Å²) >= 11 is 0. The van der Waals surface area contributed by atoms with Crippen LogP contribution in [0.3, 0.4) is 0 Å². The standard InChI is InChI=1S/C12H20O8/c1-11(17,5-13)7-19-9(15)3-4-10(16)20-8-12(2,18)6-14/h3-4,13-14,17-18H,5-8H2,1-2H3. The Balaban J connectivity index is 4.10. The smallest absolute Gasteiger partial charge is 0.331 e. The van der Waals surface area contributed by atoms with Gasteiger partial charge in [-0.15, -0.1) is 0 Å². The number of ether oxygens (including phenoxy) is 2. The summed E-state index contributed by atoms with van der Waals surface area (Å²) < 4.78 is 9.16. The van der Waals surface area contributed by atoms with Crippen LogP contribution in [0, 0.1) is 0 Å². The molecule has 0 aliphatic carbocycles. The number of hydrogen-bond acceptors (Lipinski definition) is 8. The van der Waals surface area contributed by atoms with E-state index in [9.17, 15) is 19.8 Å². The van der Waals surface area contributed by atoms with E-state index in [-0.39, 0.29) is 0 Å². The van der Waals surface area contributed by atoms with Crippen LogP contribution in [-0.4, -0.2) is 70.0 Å². The van der Waals surface area contributed by atoms with Crippen LogP contribution in [0.4, 0.5) is 0 Å². The van der Waals surface area contributed by atoms with Crippen molar-refractivity contribution < 1.29 is 39.5 Å². The summed E-state index contributed by atoms with van der Waals surface area (Å²) in [6, 6.07) is 0. The van der Waals surface area contributed by atoms with Gasteiger partial charge >= 0.3 is 11.9 Å². The summed E-state index contributed by atoms with van der Waals surface area (Å²) in [5.74, 6) is -1.80. The predicted octanol–water partition coefficient (Wildman–Crippen LogP) is -1.88. The summed E-state index contributed by atoms with van der Waals surface area (Å²) in [4.78, 5) is 22.3. The molecule has 0 aromatic rings. The van der Waals surface area contributed by atoms with E-state index < -0.39 is 49.6 Å². The van der Waals surface area contributed by atoms with Gasteiger partial charge in [0.05, 0.1) is 13.2 Å². The van der Waals surface area contributed by atoms with Crippen LogP contribution in [-0.2, 0) is 19.1 Å². The molecule has 20 heavy (non-hydrogen) atoms. The number of rotatable bonds is 8. The molecule has 116 valence electrons. The zero-order chi connectivity index (χ0) is 15.8. The highest BCUT2D eigenvalue weighted by atomic mass is 16.6. The highest BCUT2D eigenvalue weighted by molar-refractivity contribution is 5.91. The summed E-state index contributed by atoms with van der Waals surface area (Å²) in [6.07, 6.45) is 1.56. The maximum Gasteiger partial charge on any atom is 0.331 e. The van der Waals surface area contributed by atoms with Crippen LogP contribution in [0.25, 0.3) is 0 Å². The van der Waals surface area contributed by atoms with Crippen molar-refractivity contribution in [1.29, 1.82) is 0 Å². The monoisotopic (exact) mass is 292 g/mol. The maximum atomic E-state index is 11.2. The van der Waals surface area contributed by atoms with E-state index >= 15 is 0 Å². The molecule has 0 bridgehead atoms. The molecule has 0 aromatic heterocycles. The minimum absolute atomic E-state index is 0.430. The molecule has 0 radical (unpaired) electrons.